The second-order valence-corrected chi connectivity index (χ2v) is 3.33. The van der Waals surface area contributed by atoms with Crippen molar-refractivity contribution in [1.82, 2.24) is 0 Å². The summed E-state index contributed by atoms with van der Waals surface area (Å²) in [6.45, 7) is 0. The van der Waals surface area contributed by atoms with Gasteiger partial charge in [0.2, 0.25) is 0 Å². The van der Waals surface area contributed by atoms with Gasteiger partial charge in [-0.3, -0.25) is 0 Å². The number of rotatable bonds is 3. The van der Waals surface area contributed by atoms with Crippen molar-refractivity contribution >= 4 is 27.3 Å². The van der Waals surface area contributed by atoms with Gasteiger partial charge in [0.15, 0.2) is 5.69 Å². The van der Waals surface area contributed by atoms with Gasteiger partial charge in [0, 0.05) is 12.1 Å². The zero-order chi connectivity index (χ0) is 9.84. The van der Waals surface area contributed by atoms with Crippen molar-refractivity contribution in [3.05, 3.63) is 16.6 Å². The number of methoxy groups -OCH3 is 1. The van der Waals surface area contributed by atoms with Crippen LogP contribution in [0.4, 0.5) is 11.4 Å². The van der Waals surface area contributed by atoms with Crippen molar-refractivity contribution in [3.63, 3.8) is 0 Å². The van der Waals surface area contributed by atoms with Crippen LogP contribution in [0.1, 0.15) is 0 Å². The average Bonchev–Trinajstić information content (AvgIpc) is 2.11. The largest absolute Gasteiger partial charge is 0.494 e. The highest BCUT2D eigenvalue weighted by Gasteiger charge is 2.08. The van der Waals surface area contributed by atoms with Gasteiger partial charge in [-0.2, -0.15) is 5.48 Å². The molecular weight excluding hydrogens is 236 g/mol. The summed E-state index contributed by atoms with van der Waals surface area (Å²) in [5.74, 6) is 0.637. The first-order valence-electron chi connectivity index (χ1n) is 3.68. The standard InChI is InChI=1S/C8H11BrN2O2/c1-12-7-4-5(11-13-2)3-6(9)8(7)10/h3-4,11H,10H2,1-2H3/p+1. The van der Waals surface area contributed by atoms with E-state index in [4.69, 9.17) is 15.3 Å². The SMILES string of the molecule is CO[NH2+]c1cc(Br)c(N)c(OC)c1. The zero-order valence-electron chi connectivity index (χ0n) is 7.50. The van der Waals surface area contributed by atoms with Crippen LogP contribution in [0.5, 0.6) is 5.75 Å². The third-order valence-corrected chi connectivity index (χ3v) is 2.24. The maximum Gasteiger partial charge on any atom is 0.166 e. The number of nitrogens with two attached hydrogens (primary N) is 2. The highest BCUT2D eigenvalue weighted by molar-refractivity contribution is 9.10. The van der Waals surface area contributed by atoms with Crippen LogP contribution in [0.25, 0.3) is 0 Å². The van der Waals surface area contributed by atoms with Crippen LogP contribution in [-0.4, -0.2) is 14.2 Å². The van der Waals surface area contributed by atoms with E-state index >= 15 is 0 Å². The topological polar surface area (TPSA) is 61.1 Å². The quantitative estimate of drug-likeness (QED) is 0.614. The van der Waals surface area contributed by atoms with E-state index in [9.17, 15) is 0 Å². The second kappa shape index (κ2) is 4.45. The summed E-state index contributed by atoms with van der Waals surface area (Å²) in [5, 5.41) is 0. The molecule has 1 rings (SSSR count). The molecule has 72 valence electrons. The molecule has 0 bridgehead atoms. The third kappa shape index (κ3) is 2.33. The second-order valence-electron chi connectivity index (χ2n) is 2.47. The highest BCUT2D eigenvalue weighted by Crippen LogP contribution is 2.31. The van der Waals surface area contributed by atoms with Crippen molar-refractivity contribution in [3.8, 4) is 5.75 Å². The number of halogens is 1. The predicted octanol–water partition coefficient (Wildman–Crippen LogP) is 0.796. The molecule has 0 amide bonds. The molecule has 0 radical (unpaired) electrons. The zero-order valence-corrected chi connectivity index (χ0v) is 9.09. The molecule has 1 aromatic rings. The van der Waals surface area contributed by atoms with Crippen LogP contribution >= 0.6 is 15.9 Å². The third-order valence-electron chi connectivity index (χ3n) is 1.59. The van der Waals surface area contributed by atoms with Crippen LogP contribution in [0.2, 0.25) is 0 Å². The first kappa shape index (κ1) is 10.3. The minimum atomic E-state index is 0.593. The molecule has 1 aromatic carbocycles. The molecular formula is C8H12BrN2O2+. The number of ether oxygens (including phenoxy) is 1. The fourth-order valence-corrected chi connectivity index (χ4v) is 1.45. The van der Waals surface area contributed by atoms with E-state index in [2.05, 4.69) is 15.9 Å². The number of anilines is 1. The number of quaternary nitrogens is 1. The van der Waals surface area contributed by atoms with Crippen LogP contribution in [0, 0.1) is 0 Å². The lowest BCUT2D eigenvalue weighted by molar-refractivity contribution is -0.830. The lowest BCUT2D eigenvalue weighted by Crippen LogP contribution is -2.75. The lowest BCUT2D eigenvalue weighted by Gasteiger charge is -2.06. The molecule has 0 saturated heterocycles. The normalized spacial score (nSPS) is 10.1. The molecule has 0 aromatic heterocycles. The number of nitrogen functional groups attached to an aromatic ring is 1. The maximum atomic E-state index is 5.73. The van der Waals surface area contributed by atoms with Gasteiger partial charge in [-0.25, -0.2) is 4.84 Å². The Labute approximate surface area is 85.1 Å². The molecule has 0 aliphatic carbocycles. The first-order valence-corrected chi connectivity index (χ1v) is 4.47. The summed E-state index contributed by atoms with van der Waals surface area (Å²) in [5.41, 5.74) is 8.85. The molecule has 0 heterocycles. The Bertz CT molecular complexity index is 304. The molecule has 0 spiro atoms. The smallest absolute Gasteiger partial charge is 0.166 e. The maximum absolute atomic E-state index is 5.73. The Morgan fingerprint density at radius 1 is 1.38 bits per heavy atom. The summed E-state index contributed by atoms with van der Waals surface area (Å²) in [6.07, 6.45) is 0. The fraction of sp³-hybridized carbons (Fsp3) is 0.250. The van der Waals surface area contributed by atoms with Crippen molar-refractivity contribution in [2.45, 2.75) is 0 Å². The Balaban J connectivity index is 3.06. The van der Waals surface area contributed by atoms with Gasteiger partial charge in [-0.15, -0.1) is 0 Å². The van der Waals surface area contributed by atoms with Gasteiger partial charge < -0.3 is 10.5 Å². The Kier molecular flexibility index (Phi) is 3.53. The van der Waals surface area contributed by atoms with Crippen molar-refractivity contribution < 1.29 is 15.1 Å². The molecule has 13 heavy (non-hydrogen) atoms. The van der Waals surface area contributed by atoms with Crippen LogP contribution in [-0.2, 0) is 4.84 Å². The van der Waals surface area contributed by atoms with E-state index in [0.29, 0.717) is 11.4 Å². The summed E-state index contributed by atoms with van der Waals surface area (Å²) in [4.78, 5) is 4.88. The highest BCUT2D eigenvalue weighted by atomic mass is 79.9. The minimum Gasteiger partial charge on any atom is -0.494 e. The fourth-order valence-electron chi connectivity index (χ4n) is 0.986. The van der Waals surface area contributed by atoms with Gasteiger partial charge in [-0.05, 0) is 15.9 Å². The predicted molar refractivity (Wildman–Crippen MR) is 53.7 cm³/mol. The van der Waals surface area contributed by atoms with Crippen LogP contribution in [0.15, 0.2) is 16.6 Å². The average molecular weight is 248 g/mol. The number of benzene rings is 1. The number of hydrogen-bond acceptors (Lipinski definition) is 3. The Hall–Kier alpha value is -0.780. The summed E-state index contributed by atoms with van der Waals surface area (Å²) in [6, 6.07) is 3.67. The molecule has 0 aliphatic heterocycles. The molecule has 4 nitrogen and oxygen atoms in total. The Morgan fingerprint density at radius 3 is 2.62 bits per heavy atom. The summed E-state index contributed by atoms with van der Waals surface area (Å²) < 4.78 is 5.88. The van der Waals surface area contributed by atoms with Crippen molar-refractivity contribution in [2.75, 3.05) is 20.0 Å². The molecule has 0 unspecified atom stereocenters. The minimum absolute atomic E-state index is 0.593. The molecule has 0 aliphatic rings. The molecule has 5 heteroatoms. The van der Waals surface area contributed by atoms with E-state index in [-0.39, 0.29) is 0 Å². The molecule has 0 saturated carbocycles. The molecule has 0 fully saturated rings. The molecule has 0 atom stereocenters. The first-order chi connectivity index (χ1) is 6.19. The van der Waals surface area contributed by atoms with E-state index in [1.807, 2.05) is 12.1 Å². The van der Waals surface area contributed by atoms with E-state index in [1.165, 1.54) is 0 Å². The van der Waals surface area contributed by atoms with E-state index in [0.717, 1.165) is 10.2 Å². The summed E-state index contributed by atoms with van der Waals surface area (Å²) >= 11 is 3.33. The van der Waals surface area contributed by atoms with Gasteiger partial charge in [0.05, 0.1) is 24.4 Å². The van der Waals surface area contributed by atoms with Gasteiger partial charge >= 0.3 is 0 Å². The van der Waals surface area contributed by atoms with Crippen LogP contribution < -0.4 is 16.0 Å². The molecule has 4 N–H and O–H groups in total. The van der Waals surface area contributed by atoms with Crippen molar-refractivity contribution in [2.24, 2.45) is 0 Å². The lowest BCUT2D eigenvalue weighted by atomic mass is 10.2. The Morgan fingerprint density at radius 2 is 2.08 bits per heavy atom. The monoisotopic (exact) mass is 247 g/mol. The summed E-state index contributed by atoms with van der Waals surface area (Å²) in [7, 11) is 3.17. The van der Waals surface area contributed by atoms with Crippen molar-refractivity contribution in [1.29, 1.82) is 0 Å². The van der Waals surface area contributed by atoms with E-state index in [1.54, 1.807) is 19.7 Å². The number of hydrogen-bond donors (Lipinski definition) is 2. The van der Waals surface area contributed by atoms with Crippen LogP contribution in [0.3, 0.4) is 0 Å². The van der Waals surface area contributed by atoms with E-state index < -0.39 is 0 Å². The van der Waals surface area contributed by atoms with Gasteiger partial charge in [0.25, 0.3) is 0 Å². The van der Waals surface area contributed by atoms with Gasteiger partial charge in [0.1, 0.15) is 5.75 Å². The van der Waals surface area contributed by atoms with Gasteiger partial charge in [-0.1, -0.05) is 0 Å².